The van der Waals surface area contributed by atoms with E-state index in [-0.39, 0.29) is 11.4 Å². The molecule has 3 rings (SSSR count). The zero-order valence-corrected chi connectivity index (χ0v) is 19.3. The fourth-order valence-electron chi connectivity index (χ4n) is 4.38. The van der Waals surface area contributed by atoms with Gasteiger partial charge >= 0.3 is 0 Å². The molecule has 4 heteroatoms. The summed E-state index contributed by atoms with van der Waals surface area (Å²) in [6, 6.07) is 17.3. The SMILES string of the molecule is CC(C)C[C@@H](CCc1ccc2ccc(N)nc2c1)C(C)(C)NCCc1cccc(F)c1. The molecule has 31 heavy (non-hydrogen) atoms. The number of nitrogens with one attached hydrogen (secondary N) is 1. The first kappa shape index (κ1) is 23.2. The molecule has 0 bridgehead atoms. The number of aryl methyl sites for hydroxylation is 1. The average Bonchev–Trinajstić information content (AvgIpc) is 2.70. The Labute approximate surface area is 186 Å². The Morgan fingerprint density at radius 3 is 2.48 bits per heavy atom. The van der Waals surface area contributed by atoms with E-state index in [0.29, 0.717) is 17.7 Å². The molecule has 0 saturated heterocycles. The number of hydrogen-bond acceptors (Lipinski definition) is 3. The Hall–Kier alpha value is -2.46. The molecule has 0 aliphatic carbocycles. The number of halogens is 1. The molecule has 0 saturated carbocycles. The molecule has 3 nitrogen and oxygen atoms in total. The normalized spacial score (nSPS) is 13.1. The number of benzene rings is 2. The first-order chi connectivity index (χ1) is 14.7. The van der Waals surface area contributed by atoms with Gasteiger partial charge in [-0.3, -0.25) is 0 Å². The van der Waals surface area contributed by atoms with Gasteiger partial charge in [0.1, 0.15) is 11.6 Å². The minimum absolute atomic E-state index is 0.00286. The zero-order valence-electron chi connectivity index (χ0n) is 19.3. The summed E-state index contributed by atoms with van der Waals surface area (Å²) >= 11 is 0. The summed E-state index contributed by atoms with van der Waals surface area (Å²) in [5, 5.41) is 4.88. The highest BCUT2D eigenvalue weighted by Crippen LogP contribution is 2.29. The van der Waals surface area contributed by atoms with Crippen LogP contribution in [0, 0.1) is 17.7 Å². The van der Waals surface area contributed by atoms with Crippen LogP contribution in [-0.2, 0) is 12.8 Å². The van der Waals surface area contributed by atoms with Crippen LogP contribution in [0.4, 0.5) is 10.2 Å². The Morgan fingerprint density at radius 2 is 1.74 bits per heavy atom. The number of anilines is 1. The lowest BCUT2D eigenvalue weighted by Crippen LogP contribution is -2.47. The van der Waals surface area contributed by atoms with Crippen molar-refractivity contribution in [2.45, 2.75) is 58.9 Å². The molecule has 2 aromatic carbocycles. The topological polar surface area (TPSA) is 50.9 Å². The van der Waals surface area contributed by atoms with Crippen LogP contribution < -0.4 is 11.1 Å². The molecule has 0 amide bonds. The molecule has 0 unspecified atom stereocenters. The lowest BCUT2D eigenvalue weighted by atomic mass is 9.78. The molecular weight excluding hydrogens is 385 g/mol. The molecule has 1 aromatic heterocycles. The highest BCUT2D eigenvalue weighted by atomic mass is 19.1. The van der Waals surface area contributed by atoms with Crippen molar-refractivity contribution >= 4 is 16.7 Å². The summed E-state index contributed by atoms with van der Waals surface area (Å²) in [6.45, 7) is 10.0. The van der Waals surface area contributed by atoms with Gasteiger partial charge < -0.3 is 11.1 Å². The number of hydrogen-bond donors (Lipinski definition) is 2. The Bertz CT molecular complexity index is 997. The van der Waals surface area contributed by atoms with E-state index < -0.39 is 0 Å². The second-order valence-corrected chi connectivity index (χ2v) is 9.66. The molecule has 3 aromatic rings. The van der Waals surface area contributed by atoms with Gasteiger partial charge in [-0.05, 0) is 99.4 Å². The minimum Gasteiger partial charge on any atom is -0.384 e. The maximum absolute atomic E-state index is 13.4. The fraction of sp³-hybridized carbons (Fsp3) is 0.444. The van der Waals surface area contributed by atoms with Gasteiger partial charge in [0.2, 0.25) is 0 Å². The van der Waals surface area contributed by atoms with E-state index in [0.717, 1.165) is 42.3 Å². The number of fused-ring (bicyclic) bond motifs is 1. The second kappa shape index (κ2) is 10.2. The largest absolute Gasteiger partial charge is 0.384 e. The van der Waals surface area contributed by atoms with E-state index in [1.807, 2.05) is 18.2 Å². The third-order valence-corrected chi connectivity index (χ3v) is 6.22. The predicted octanol–water partition coefficient (Wildman–Crippen LogP) is 6.16. The molecule has 0 spiro atoms. The van der Waals surface area contributed by atoms with Crippen molar-refractivity contribution in [3.8, 4) is 0 Å². The summed E-state index contributed by atoms with van der Waals surface area (Å²) in [5.41, 5.74) is 9.16. The van der Waals surface area contributed by atoms with Gasteiger partial charge in [0.25, 0.3) is 0 Å². The second-order valence-electron chi connectivity index (χ2n) is 9.66. The summed E-state index contributed by atoms with van der Waals surface area (Å²) < 4.78 is 13.4. The summed E-state index contributed by atoms with van der Waals surface area (Å²) in [7, 11) is 0. The third-order valence-electron chi connectivity index (χ3n) is 6.22. The molecule has 3 N–H and O–H groups in total. The van der Waals surface area contributed by atoms with Gasteiger partial charge in [0.15, 0.2) is 0 Å². The van der Waals surface area contributed by atoms with Gasteiger partial charge in [-0.1, -0.05) is 38.1 Å². The van der Waals surface area contributed by atoms with Gasteiger partial charge in [0.05, 0.1) is 5.52 Å². The highest BCUT2D eigenvalue weighted by molar-refractivity contribution is 5.80. The van der Waals surface area contributed by atoms with Gasteiger partial charge in [0, 0.05) is 10.9 Å². The first-order valence-electron chi connectivity index (χ1n) is 11.4. The van der Waals surface area contributed by atoms with Gasteiger partial charge in [-0.15, -0.1) is 0 Å². The minimum atomic E-state index is -0.166. The molecule has 0 fully saturated rings. The third kappa shape index (κ3) is 6.76. The van der Waals surface area contributed by atoms with Gasteiger partial charge in [-0.2, -0.15) is 0 Å². The first-order valence-corrected chi connectivity index (χ1v) is 11.4. The quantitative estimate of drug-likeness (QED) is 0.412. The van der Waals surface area contributed by atoms with E-state index in [2.05, 4.69) is 56.2 Å². The monoisotopic (exact) mass is 421 g/mol. The van der Waals surface area contributed by atoms with E-state index in [1.54, 1.807) is 12.1 Å². The van der Waals surface area contributed by atoms with Crippen LogP contribution in [0.15, 0.2) is 54.6 Å². The van der Waals surface area contributed by atoms with Crippen LogP contribution in [0.3, 0.4) is 0 Å². The van der Waals surface area contributed by atoms with Crippen molar-refractivity contribution in [3.05, 3.63) is 71.5 Å². The van der Waals surface area contributed by atoms with Crippen molar-refractivity contribution in [1.29, 1.82) is 0 Å². The lowest BCUT2D eigenvalue weighted by molar-refractivity contribution is 0.207. The molecular formula is C27H36FN3. The van der Waals surface area contributed by atoms with Crippen LogP contribution in [0.25, 0.3) is 10.9 Å². The van der Waals surface area contributed by atoms with Crippen LogP contribution in [0.1, 0.15) is 51.7 Å². The number of aromatic nitrogens is 1. The molecule has 166 valence electrons. The highest BCUT2D eigenvalue weighted by Gasteiger charge is 2.29. The standard InChI is InChI=1S/C27H36FN3/c1-19(2)16-23(27(3,4)30-15-14-20-6-5-7-24(28)17-20)12-9-21-8-10-22-11-13-26(29)31-25(22)18-21/h5-8,10-11,13,17-19,23,30H,9,12,14-16H2,1-4H3,(H2,29,31)/t23-/m1/s1. The summed E-state index contributed by atoms with van der Waals surface area (Å²) in [6.07, 6.45) is 4.11. The number of nitrogens with two attached hydrogens (primary N) is 1. The van der Waals surface area contributed by atoms with Crippen LogP contribution >= 0.6 is 0 Å². The van der Waals surface area contributed by atoms with Gasteiger partial charge in [-0.25, -0.2) is 9.37 Å². The maximum atomic E-state index is 13.4. The maximum Gasteiger partial charge on any atom is 0.124 e. The van der Waals surface area contributed by atoms with Crippen molar-refractivity contribution in [2.75, 3.05) is 12.3 Å². The van der Waals surface area contributed by atoms with Crippen LogP contribution in [0.5, 0.6) is 0 Å². The van der Waals surface area contributed by atoms with E-state index in [4.69, 9.17) is 5.73 Å². The number of nitrogens with zero attached hydrogens (tertiary/aromatic N) is 1. The lowest BCUT2D eigenvalue weighted by Gasteiger charge is -2.37. The van der Waals surface area contributed by atoms with Crippen molar-refractivity contribution in [2.24, 2.45) is 11.8 Å². The van der Waals surface area contributed by atoms with Crippen LogP contribution in [0.2, 0.25) is 0 Å². The fourth-order valence-corrected chi connectivity index (χ4v) is 4.38. The molecule has 0 aliphatic rings. The predicted molar refractivity (Wildman–Crippen MR) is 130 cm³/mol. The molecule has 0 radical (unpaired) electrons. The Balaban J connectivity index is 1.64. The van der Waals surface area contributed by atoms with E-state index in [9.17, 15) is 4.39 Å². The van der Waals surface area contributed by atoms with E-state index >= 15 is 0 Å². The number of rotatable bonds is 10. The Morgan fingerprint density at radius 1 is 1.00 bits per heavy atom. The molecule has 1 atom stereocenters. The van der Waals surface area contributed by atoms with Crippen LogP contribution in [-0.4, -0.2) is 17.1 Å². The van der Waals surface area contributed by atoms with Crippen molar-refractivity contribution < 1.29 is 4.39 Å². The number of pyridine rings is 1. The zero-order chi connectivity index (χ0) is 22.4. The average molecular weight is 422 g/mol. The van der Waals surface area contributed by atoms with Crippen molar-refractivity contribution in [1.82, 2.24) is 10.3 Å². The van der Waals surface area contributed by atoms with Crippen molar-refractivity contribution in [3.63, 3.8) is 0 Å². The smallest absolute Gasteiger partial charge is 0.124 e. The number of nitrogen functional groups attached to an aromatic ring is 1. The summed E-state index contributed by atoms with van der Waals surface area (Å²) in [5.74, 6) is 1.56. The molecule has 1 heterocycles. The van der Waals surface area contributed by atoms with E-state index in [1.165, 1.54) is 18.1 Å². The Kier molecular flexibility index (Phi) is 7.66. The summed E-state index contributed by atoms with van der Waals surface area (Å²) in [4.78, 5) is 4.47. The molecule has 0 aliphatic heterocycles.